The van der Waals surface area contributed by atoms with Gasteiger partial charge in [-0.15, -0.1) is 0 Å². The Morgan fingerprint density at radius 1 is 1.39 bits per heavy atom. The SMILES string of the molecule is O=C(O)CCS(=O)(=O)N1CCN2C(=O)CCC2C1. The molecule has 0 bridgehead atoms. The van der Waals surface area contributed by atoms with E-state index in [0.29, 0.717) is 25.9 Å². The molecule has 2 aliphatic rings. The van der Waals surface area contributed by atoms with Gasteiger partial charge in [-0.2, -0.15) is 4.31 Å². The third-order valence-corrected chi connectivity index (χ3v) is 5.26. The van der Waals surface area contributed by atoms with Gasteiger partial charge >= 0.3 is 5.97 Å². The van der Waals surface area contributed by atoms with Crippen LogP contribution in [0, 0.1) is 0 Å². The molecule has 0 aliphatic carbocycles. The Balaban J connectivity index is 1.99. The van der Waals surface area contributed by atoms with Crippen molar-refractivity contribution < 1.29 is 23.1 Å². The summed E-state index contributed by atoms with van der Waals surface area (Å²) < 4.78 is 25.2. The molecule has 0 saturated carbocycles. The zero-order chi connectivity index (χ0) is 13.3. The Hall–Kier alpha value is -1.15. The highest BCUT2D eigenvalue weighted by Gasteiger charge is 2.38. The second-order valence-corrected chi connectivity index (χ2v) is 6.69. The van der Waals surface area contributed by atoms with E-state index in [-0.39, 0.29) is 30.7 Å². The highest BCUT2D eigenvalue weighted by Crippen LogP contribution is 2.24. The van der Waals surface area contributed by atoms with Crippen molar-refractivity contribution in [3.8, 4) is 0 Å². The average molecular weight is 276 g/mol. The fraction of sp³-hybridized carbons (Fsp3) is 0.800. The minimum absolute atomic E-state index is 0.0362. The second kappa shape index (κ2) is 4.85. The fourth-order valence-electron chi connectivity index (χ4n) is 2.43. The zero-order valence-electron chi connectivity index (χ0n) is 9.91. The fourth-order valence-corrected chi connectivity index (χ4v) is 3.88. The van der Waals surface area contributed by atoms with E-state index in [0.717, 1.165) is 0 Å². The van der Waals surface area contributed by atoms with Crippen molar-refractivity contribution in [1.82, 2.24) is 9.21 Å². The first-order chi connectivity index (χ1) is 8.40. The Morgan fingerprint density at radius 3 is 2.78 bits per heavy atom. The van der Waals surface area contributed by atoms with Crippen molar-refractivity contribution in [2.75, 3.05) is 25.4 Å². The molecule has 102 valence electrons. The molecule has 0 spiro atoms. The molecular weight excluding hydrogens is 260 g/mol. The predicted molar refractivity (Wildman–Crippen MR) is 62.3 cm³/mol. The first-order valence-electron chi connectivity index (χ1n) is 5.89. The number of carboxylic acids is 1. The van der Waals surface area contributed by atoms with Gasteiger partial charge in [-0.1, -0.05) is 0 Å². The van der Waals surface area contributed by atoms with E-state index in [1.54, 1.807) is 4.90 Å². The maximum Gasteiger partial charge on any atom is 0.304 e. The van der Waals surface area contributed by atoms with E-state index in [1.165, 1.54) is 4.31 Å². The molecule has 0 aromatic rings. The zero-order valence-corrected chi connectivity index (χ0v) is 10.7. The third kappa shape index (κ3) is 2.64. The standard InChI is InChI=1S/C10H16N2O5S/c13-9-2-1-8-7-11(4-5-12(8)9)18(16,17)6-3-10(14)15/h8H,1-7H2,(H,14,15). The maximum atomic E-state index is 11.9. The van der Waals surface area contributed by atoms with Gasteiger partial charge < -0.3 is 10.0 Å². The van der Waals surface area contributed by atoms with Gasteiger partial charge in [0.15, 0.2) is 0 Å². The molecule has 0 aromatic heterocycles. The van der Waals surface area contributed by atoms with Crippen LogP contribution in [0.25, 0.3) is 0 Å². The second-order valence-electron chi connectivity index (χ2n) is 4.60. The summed E-state index contributed by atoms with van der Waals surface area (Å²) in [5, 5.41) is 8.52. The van der Waals surface area contributed by atoms with Gasteiger partial charge in [0.25, 0.3) is 0 Å². The summed E-state index contributed by atoms with van der Waals surface area (Å²) in [5.41, 5.74) is 0. The third-order valence-electron chi connectivity index (χ3n) is 3.42. The number of rotatable bonds is 4. The number of hydrogen-bond donors (Lipinski definition) is 1. The van der Waals surface area contributed by atoms with E-state index in [4.69, 9.17) is 5.11 Å². The van der Waals surface area contributed by atoms with Crippen molar-refractivity contribution in [1.29, 1.82) is 0 Å². The van der Waals surface area contributed by atoms with Gasteiger partial charge in [0.2, 0.25) is 15.9 Å². The van der Waals surface area contributed by atoms with Gasteiger partial charge in [-0.25, -0.2) is 8.42 Å². The van der Waals surface area contributed by atoms with Crippen molar-refractivity contribution in [2.24, 2.45) is 0 Å². The van der Waals surface area contributed by atoms with Crippen LogP contribution in [0.5, 0.6) is 0 Å². The van der Waals surface area contributed by atoms with Crippen LogP contribution in [0.1, 0.15) is 19.3 Å². The van der Waals surface area contributed by atoms with Crippen molar-refractivity contribution >= 4 is 21.9 Å². The smallest absolute Gasteiger partial charge is 0.304 e. The van der Waals surface area contributed by atoms with Crippen LogP contribution in [-0.4, -0.2) is 66.0 Å². The van der Waals surface area contributed by atoms with E-state index < -0.39 is 16.0 Å². The first kappa shape index (κ1) is 13.3. The highest BCUT2D eigenvalue weighted by molar-refractivity contribution is 7.89. The van der Waals surface area contributed by atoms with Crippen LogP contribution in [0.4, 0.5) is 0 Å². The van der Waals surface area contributed by atoms with E-state index >= 15 is 0 Å². The first-order valence-corrected chi connectivity index (χ1v) is 7.50. The molecule has 0 radical (unpaired) electrons. The topological polar surface area (TPSA) is 95.0 Å². The summed E-state index contributed by atoms with van der Waals surface area (Å²) in [4.78, 5) is 23.6. The van der Waals surface area contributed by atoms with Gasteiger partial charge in [-0.05, 0) is 6.42 Å². The molecule has 7 nitrogen and oxygen atoms in total. The number of sulfonamides is 1. The summed E-state index contributed by atoms with van der Waals surface area (Å²) in [6, 6.07) is -0.0362. The van der Waals surface area contributed by atoms with Gasteiger partial charge in [0, 0.05) is 32.1 Å². The molecule has 2 rings (SSSR count). The molecule has 8 heteroatoms. The number of carbonyl (C=O) groups is 2. The lowest BCUT2D eigenvalue weighted by molar-refractivity contribution is -0.136. The summed E-state index contributed by atoms with van der Waals surface area (Å²) in [5.74, 6) is -1.40. The Morgan fingerprint density at radius 2 is 2.11 bits per heavy atom. The molecule has 1 unspecified atom stereocenters. The Bertz CT molecular complexity index is 461. The van der Waals surface area contributed by atoms with Crippen molar-refractivity contribution in [3.05, 3.63) is 0 Å². The van der Waals surface area contributed by atoms with E-state index in [1.807, 2.05) is 0 Å². The van der Waals surface area contributed by atoms with Gasteiger partial charge in [-0.3, -0.25) is 9.59 Å². The number of carboxylic acid groups (broad SMARTS) is 1. The lowest BCUT2D eigenvalue weighted by Crippen LogP contribution is -2.53. The van der Waals surface area contributed by atoms with Crippen LogP contribution < -0.4 is 0 Å². The molecule has 2 fully saturated rings. The van der Waals surface area contributed by atoms with Crippen LogP contribution in [-0.2, 0) is 19.6 Å². The molecular formula is C10H16N2O5S. The quantitative estimate of drug-likeness (QED) is 0.718. The Labute approximate surface area is 105 Å². The molecule has 1 atom stereocenters. The van der Waals surface area contributed by atoms with Gasteiger partial charge in [0.05, 0.1) is 12.2 Å². The van der Waals surface area contributed by atoms with Crippen molar-refractivity contribution in [3.63, 3.8) is 0 Å². The number of fused-ring (bicyclic) bond motifs is 1. The molecule has 2 heterocycles. The van der Waals surface area contributed by atoms with Crippen LogP contribution in [0.15, 0.2) is 0 Å². The number of piperazine rings is 1. The van der Waals surface area contributed by atoms with Crippen LogP contribution in [0.3, 0.4) is 0 Å². The monoisotopic (exact) mass is 276 g/mol. The summed E-state index contributed by atoms with van der Waals surface area (Å²) in [6.07, 6.45) is 0.781. The van der Waals surface area contributed by atoms with E-state index in [2.05, 4.69) is 0 Å². The van der Waals surface area contributed by atoms with Crippen LogP contribution in [0.2, 0.25) is 0 Å². The number of amides is 1. The minimum atomic E-state index is -3.52. The highest BCUT2D eigenvalue weighted by atomic mass is 32.2. The molecule has 1 N–H and O–H groups in total. The number of hydrogen-bond acceptors (Lipinski definition) is 4. The molecule has 1 amide bonds. The summed E-state index contributed by atoms with van der Waals surface area (Å²) >= 11 is 0. The minimum Gasteiger partial charge on any atom is -0.481 e. The molecule has 0 aromatic carbocycles. The largest absolute Gasteiger partial charge is 0.481 e. The molecule has 2 aliphatic heterocycles. The number of carbonyl (C=O) groups excluding carboxylic acids is 1. The Kier molecular flexibility index (Phi) is 3.58. The van der Waals surface area contributed by atoms with Crippen LogP contribution >= 0.6 is 0 Å². The number of nitrogens with zero attached hydrogens (tertiary/aromatic N) is 2. The number of aliphatic carboxylic acids is 1. The average Bonchev–Trinajstić information content (AvgIpc) is 2.68. The molecule has 2 saturated heterocycles. The normalized spacial score (nSPS) is 25.2. The lowest BCUT2D eigenvalue weighted by atomic mass is 10.2. The summed E-state index contributed by atoms with van der Waals surface area (Å²) in [6.45, 7) is 0.980. The van der Waals surface area contributed by atoms with E-state index in [9.17, 15) is 18.0 Å². The summed E-state index contributed by atoms with van der Waals surface area (Å²) in [7, 11) is -3.52. The lowest BCUT2D eigenvalue weighted by Gasteiger charge is -2.36. The predicted octanol–water partition coefficient (Wildman–Crippen LogP) is -0.902. The molecule has 18 heavy (non-hydrogen) atoms. The maximum absolute atomic E-state index is 11.9. The van der Waals surface area contributed by atoms with Crippen molar-refractivity contribution in [2.45, 2.75) is 25.3 Å². The van der Waals surface area contributed by atoms with Gasteiger partial charge in [0.1, 0.15) is 0 Å².